The van der Waals surface area contributed by atoms with Gasteiger partial charge in [-0.05, 0) is 18.6 Å². The lowest BCUT2D eigenvalue weighted by atomic mass is 10.1. The summed E-state index contributed by atoms with van der Waals surface area (Å²) in [6, 6.07) is 1.31. The Balaban J connectivity index is 2.15. The number of hydrazone groups is 1. The first-order valence-corrected chi connectivity index (χ1v) is 6.19. The quantitative estimate of drug-likeness (QED) is 0.513. The number of hydrogen-bond donors (Lipinski definition) is 1. The van der Waals surface area contributed by atoms with Crippen LogP contribution in [0.25, 0.3) is 0 Å². The van der Waals surface area contributed by atoms with E-state index in [1.807, 2.05) is 0 Å². The molecule has 0 bridgehead atoms. The van der Waals surface area contributed by atoms with Crippen molar-refractivity contribution in [1.29, 1.82) is 0 Å². The Labute approximate surface area is 124 Å². The number of allylic oxidation sites excluding steroid dienone is 4. The maximum absolute atomic E-state index is 11.8. The topological polar surface area (TPSA) is 84.3 Å². The minimum absolute atomic E-state index is 0.0713. The number of halogens is 2. The van der Waals surface area contributed by atoms with Crippen LogP contribution in [-0.2, 0) is 4.79 Å². The van der Waals surface area contributed by atoms with Crippen molar-refractivity contribution < 1.29 is 9.59 Å². The van der Waals surface area contributed by atoms with Crippen LogP contribution in [0.4, 0.5) is 0 Å². The third kappa shape index (κ3) is 3.28. The number of ketones is 1. The van der Waals surface area contributed by atoms with E-state index in [1.165, 1.54) is 24.5 Å². The number of carbonyl (C=O) groups excluding carboxylic acids is 2. The van der Waals surface area contributed by atoms with Gasteiger partial charge in [0.25, 0.3) is 5.91 Å². The van der Waals surface area contributed by atoms with Crippen LogP contribution in [0.2, 0.25) is 5.15 Å². The van der Waals surface area contributed by atoms with Crippen molar-refractivity contribution in [1.82, 2.24) is 15.4 Å². The van der Waals surface area contributed by atoms with Crippen molar-refractivity contribution in [2.45, 2.75) is 6.92 Å². The number of amides is 1. The predicted molar refractivity (Wildman–Crippen MR) is 74.6 cm³/mol. The van der Waals surface area contributed by atoms with Crippen molar-refractivity contribution in [3.63, 3.8) is 0 Å². The summed E-state index contributed by atoms with van der Waals surface area (Å²) in [7, 11) is 0. The van der Waals surface area contributed by atoms with Gasteiger partial charge in [0.05, 0.1) is 5.03 Å². The van der Waals surface area contributed by atoms with Crippen LogP contribution < -0.4 is 5.43 Å². The molecule has 6 nitrogen and oxygen atoms in total. The number of rotatable bonds is 2. The van der Waals surface area contributed by atoms with Crippen molar-refractivity contribution in [2.75, 3.05) is 0 Å². The van der Waals surface area contributed by atoms with E-state index in [-0.39, 0.29) is 27.4 Å². The molecule has 0 atom stereocenters. The number of carbonyl (C=O) groups is 2. The van der Waals surface area contributed by atoms with E-state index in [1.54, 1.807) is 6.92 Å². The van der Waals surface area contributed by atoms with Gasteiger partial charge in [0.1, 0.15) is 22.9 Å². The summed E-state index contributed by atoms with van der Waals surface area (Å²) in [5.41, 5.74) is 3.12. The van der Waals surface area contributed by atoms with Crippen molar-refractivity contribution in [2.24, 2.45) is 5.10 Å². The highest BCUT2D eigenvalue weighted by Crippen LogP contribution is 2.15. The fraction of sp³-hybridized carbons (Fsp3) is 0.0833. The van der Waals surface area contributed by atoms with Gasteiger partial charge in [-0.15, -0.1) is 0 Å². The first-order chi connectivity index (χ1) is 9.47. The Morgan fingerprint density at radius 1 is 1.30 bits per heavy atom. The zero-order valence-corrected chi connectivity index (χ0v) is 11.7. The Bertz CT molecular complexity index is 680. The molecule has 1 aromatic heterocycles. The van der Waals surface area contributed by atoms with Gasteiger partial charge in [-0.2, -0.15) is 5.10 Å². The van der Waals surface area contributed by atoms with Gasteiger partial charge >= 0.3 is 0 Å². The summed E-state index contributed by atoms with van der Waals surface area (Å²) in [6.07, 6.45) is 3.89. The first kappa shape index (κ1) is 14.4. The standard InChI is InChI=1S/C12H8Cl2N4O2/c1-6-2-8(7(13)3-10(6)19)17-18-12(20)9-4-11(14)16-5-15-9/h2-5H,1H3,(H,18,20)/b17-8+. The first-order valence-electron chi connectivity index (χ1n) is 5.43. The SMILES string of the molecule is CC1=C/C(=N\NC(=O)c2cc(Cl)ncn2)C(Cl)=CC1=O. The molecule has 0 radical (unpaired) electrons. The Morgan fingerprint density at radius 3 is 2.75 bits per heavy atom. The monoisotopic (exact) mass is 310 g/mol. The van der Waals surface area contributed by atoms with Crippen molar-refractivity contribution in [3.8, 4) is 0 Å². The van der Waals surface area contributed by atoms with Gasteiger partial charge in [0.15, 0.2) is 5.78 Å². The molecule has 8 heteroatoms. The van der Waals surface area contributed by atoms with Gasteiger partial charge in [-0.25, -0.2) is 15.4 Å². The molecular formula is C12H8Cl2N4O2. The van der Waals surface area contributed by atoms with Gasteiger partial charge in [0.2, 0.25) is 0 Å². The number of hydrogen-bond acceptors (Lipinski definition) is 5. The van der Waals surface area contributed by atoms with E-state index < -0.39 is 5.91 Å². The highest BCUT2D eigenvalue weighted by atomic mass is 35.5. The molecule has 0 saturated heterocycles. The maximum atomic E-state index is 11.8. The average molecular weight is 311 g/mol. The Morgan fingerprint density at radius 2 is 2.05 bits per heavy atom. The molecule has 0 aromatic carbocycles. The van der Waals surface area contributed by atoms with Gasteiger partial charge < -0.3 is 0 Å². The fourth-order valence-electron chi connectivity index (χ4n) is 1.36. The number of aromatic nitrogens is 2. The number of nitrogens with zero attached hydrogens (tertiary/aromatic N) is 3. The van der Waals surface area contributed by atoms with Crippen LogP contribution in [0.3, 0.4) is 0 Å². The van der Waals surface area contributed by atoms with Gasteiger partial charge in [-0.3, -0.25) is 9.59 Å². The lowest BCUT2D eigenvalue weighted by Gasteiger charge is -2.07. The lowest BCUT2D eigenvalue weighted by Crippen LogP contribution is -2.21. The second kappa shape index (κ2) is 5.94. The van der Waals surface area contributed by atoms with Crippen molar-refractivity contribution in [3.05, 3.63) is 46.0 Å². The Kier molecular flexibility index (Phi) is 4.26. The summed E-state index contributed by atoms with van der Waals surface area (Å²) in [6.45, 7) is 1.63. The molecule has 0 unspecified atom stereocenters. The predicted octanol–water partition coefficient (Wildman–Crippen LogP) is 1.87. The summed E-state index contributed by atoms with van der Waals surface area (Å²) in [5, 5.41) is 4.14. The second-order valence-electron chi connectivity index (χ2n) is 3.85. The second-order valence-corrected chi connectivity index (χ2v) is 4.64. The summed E-state index contributed by atoms with van der Waals surface area (Å²) in [5.74, 6) is -0.753. The minimum Gasteiger partial charge on any atom is -0.290 e. The third-order valence-corrected chi connectivity index (χ3v) is 2.90. The zero-order chi connectivity index (χ0) is 14.7. The van der Waals surface area contributed by atoms with E-state index in [0.717, 1.165) is 0 Å². The minimum atomic E-state index is -0.561. The van der Waals surface area contributed by atoms with Crippen LogP contribution in [0.15, 0.2) is 40.3 Å². The summed E-state index contributed by atoms with van der Waals surface area (Å²) < 4.78 is 0. The molecular weight excluding hydrogens is 303 g/mol. The molecule has 0 aliphatic heterocycles. The lowest BCUT2D eigenvalue weighted by molar-refractivity contribution is -0.111. The number of nitrogens with one attached hydrogen (secondary N) is 1. The smallest absolute Gasteiger partial charge is 0.290 e. The molecule has 102 valence electrons. The molecule has 1 heterocycles. The third-order valence-electron chi connectivity index (χ3n) is 2.39. The largest absolute Gasteiger partial charge is 0.290 e. The van der Waals surface area contributed by atoms with Crippen LogP contribution in [0, 0.1) is 0 Å². The molecule has 1 aliphatic carbocycles. The molecule has 2 rings (SSSR count). The average Bonchev–Trinajstić information content (AvgIpc) is 2.41. The normalized spacial score (nSPS) is 16.8. The fourth-order valence-corrected chi connectivity index (χ4v) is 1.70. The van der Waals surface area contributed by atoms with Crippen LogP contribution in [-0.4, -0.2) is 27.4 Å². The highest BCUT2D eigenvalue weighted by molar-refractivity contribution is 6.48. The molecule has 0 saturated carbocycles. The zero-order valence-electron chi connectivity index (χ0n) is 10.2. The van der Waals surface area contributed by atoms with E-state index in [9.17, 15) is 9.59 Å². The highest BCUT2D eigenvalue weighted by Gasteiger charge is 2.15. The van der Waals surface area contributed by atoms with E-state index in [4.69, 9.17) is 23.2 Å². The van der Waals surface area contributed by atoms with Crippen LogP contribution in [0.1, 0.15) is 17.4 Å². The molecule has 20 heavy (non-hydrogen) atoms. The summed E-state index contributed by atoms with van der Waals surface area (Å²) >= 11 is 11.5. The van der Waals surface area contributed by atoms with E-state index in [2.05, 4.69) is 20.5 Å². The van der Waals surface area contributed by atoms with Gasteiger partial charge in [0, 0.05) is 12.1 Å². The molecule has 1 N–H and O–H groups in total. The van der Waals surface area contributed by atoms with E-state index >= 15 is 0 Å². The Hall–Kier alpha value is -2.05. The van der Waals surface area contributed by atoms with Crippen LogP contribution >= 0.6 is 23.2 Å². The van der Waals surface area contributed by atoms with E-state index in [0.29, 0.717) is 5.57 Å². The van der Waals surface area contributed by atoms with Gasteiger partial charge in [-0.1, -0.05) is 23.2 Å². The molecule has 0 fully saturated rings. The molecule has 1 aliphatic rings. The molecule has 1 aromatic rings. The van der Waals surface area contributed by atoms with Crippen molar-refractivity contribution >= 4 is 40.6 Å². The molecule has 0 spiro atoms. The maximum Gasteiger partial charge on any atom is 0.290 e. The molecule has 1 amide bonds. The van der Waals surface area contributed by atoms with Crippen LogP contribution in [0.5, 0.6) is 0 Å². The summed E-state index contributed by atoms with van der Waals surface area (Å²) in [4.78, 5) is 30.5.